The Hall–Kier alpha value is -1.84. The van der Waals surface area contributed by atoms with Crippen molar-refractivity contribution in [3.63, 3.8) is 0 Å². The van der Waals surface area contributed by atoms with Crippen LogP contribution in [0.4, 0.5) is 5.69 Å². The summed E-state index contributed by atoms with van der Waals surface area (Å²) >= 11 is 11.8. The van der Waals surface area contributed by atoms with Crippen molar-refractivity contribution in [2.24, 2.45) is 0 Å². The summed E-state index contributed by atoms with van der Waals surface area (Å²) in [6.45, 7) is 3.82. The standard InChI is InChI=1S/C16H11Cl2NO2/c1-8-5-11-14(6-9(8)2)19(21)15(16(11)20)10-3-4-12(17)13(18)7-10/h3-7H,1-2H3. The fourth-order valence-electron chi connectivity index (χ4n) is 2.38. The predicted molar refractivity (Wildman–Crippen MR) is 84.1 cm³/mol. The number of fused-ring (bicyclic) bond motifs is 1. The molecule has 0 saturated heterocycles. The molecule has 0 amide bonds. The number of rotatable bonds is 1. The van der Waals surface area contributed by atoms with Crippen LogP contribution < -0.4 is 0 Å². The Morgan fingerprint density at radius 3 is 2.33 bits per heavy atom. The van der Waals surface area contributed by atoms with Crippen LogP contribution in [0, 0.1) is 19.1 Å². The molecule has 0 aromatic heterocycles. The molecule has 2 aromatic rings. The molecule has 0 aliphatic carbocycles. The molecule has 0 atom stereocenters. The maximum atomic E-state index is 12.5. The number of Topliss-reactive ketones (excluding diaryl/α,β-unsaturated/α-hetero) is 1. The molecule has 0 bridgehead atoms. The van der Waals surface area contributed by atoms with E-state index in [1.54, 1.807) is 24.3 Å². The Bertz CT molecular complexity index is 825. The lowest BCUT2D eigenvalue weighted by Gasteiger charge is -2.04. The van der Waals surface area contributed by atoms with E-state index in [1.807, 2.05) is 13.8 Å². The third-order valence-electron chi connectivity index (χ3n) is 3.69. The quantitative estimate of drug-likeness (QED) is 0.576. The van der Waals surface area contributed by atoms with E-state index in [1.165, 1.54) is 6.07 Å². The summed E-state index contributed by atoms with van der Waals surface area (Å²) in [4.78, 5) is 12.5. The van der Waals surface area contributed by atoms with Gasteiger partial charge in [0.1, 0.15) is 5.56 Å². The smallest absolute Gasteiger partial charge is 0.273 e. The van der Waals surface area contributed by atoms with Gasteiger partial charge in [-0.05, 0) is 49.2 Å². The highest BCUT2D eigenvalue weighted by Gasteiger charge is 2.37. The molecule has 1 heterocycles. The Labute approximate surface area is 132 Å². The zero-order chi connectivity index (χ0) is 15.3. The molecule has 0 saturated carbocycles. The first-order valence-electron chi connectivity index (χ1n) is 6.35. The Balaban J connectivity index is 2.21. The molecule has 5 heteroatoms. The minimum absolute atomic E-state index is 0.0774. The van der Waals surface area contributed by atoms with Gasteiger partial charge in [0.15, 0.2) is 0 Å². The van der Waals surface area contributed by atoms with Gasteiger partial charge >= 0.3 is 0 Å². The molecule has 0 radical (unpaired) electrons. The van der Waals surface area contributed by atoms with E-state index in [9.17, 15) is 10.0 Å². The van der Waals surface area contributed by atoms with Crippen molar-refractivity contribution in [3.05, 3.63) is 67.8 Å². The normalized spacial score (nSPS) is 13.8. The summed E-state index contributed by atoms with van der Waals surface area (Å²) in [6, 6.07) is 8.22. The molecular formula is C16H11Cl2NO2. The van der Waals surface area contributed by atoms with Crippen molar-refractivity contribution in [1.29, 1.82) is 0 Å². The van der Waals surface area contributed by atoms with Crippen LogP contribution in [0.5, 0.6) is 0 Å². The summed E-state index contributed by atoms with van der Waals surface area (Å²) in [7, 11) is 0. The minimum Gasteiger partial charge on any atom is -0.618 e. The zero-order valence-electron chi connectivity index (χ0n) is 11.4. The van der Waals surface area contributed by atoms with Gasteiger partial charge in [-0.25, -0.2) is 0 Å². The van der Waals surface area contributed by atoms with Gasteiger partial charge < -0.3 is 5.21 Å². The molecule has 3 rings (SSSR count). The summed E-state index contributed by atoms with van der Waals surface area (Å²) in [5.74, 6) is -0.290. The molecular weight excluding hydrogens is 309 g/mol. The largest absolute Gasteiger partial charge is 0.618 e. The average molecular weight is 320 g/mol. The van der Waals surface area contributed by atoms with Crippen molar-refractivity contribution in [2.45, 2.75) is 13.8 Å². The Kier molecular flexibility index (Phi) is 3.27. The van der Waals surface area contributed by atoms with Gasteiger partial charge in [0.05, 0.1) is 15.6 Å². The van der Waals surface area contributed by atoms with Crippen molar-refractivity contribution in [3.8, 4) is 0 Å². The average Bonchev–Trinajstić information content (AvgIpc) is 2.66. The third-order valence-corrected chi connectivity index (χ3v) is 4.43. The lowest BCUT2D eigenvalue weighted by molar-refractivity contribution is -0.355. The van der Waals surface area contributed by atoms with Gasteiger partial charge in [-0.3, -0.25) is 4.79 Å². The number of carbonyl (C=O) groups excluding carboxylic acids is 1. The molecule has 2 aromatic carbocycles. The molecule has 0 unspecified atom stereocenters. The molecule has 0 N–H and O–H groups in total. The van der Waals surface area contributed by atoms with Crippen LogP contribution in [0.2, 0.25) is 10.0 Å². The van der Waals surface area contributed by atoms with E-state index >= 15 is 0 Å². The van der Waals surface area contributed by atoms with Crippen LogP contribution in [0.15, 0.2) is 30.3 Å². The van der Waals surface area contributed by atoms with Crippen molar-refractivity contribution >= 4 is 40.4 Å². The van der Waals surface area contributed by atoms with Crippen LogP contribution in [-0.2, 0) is 0 Å². The predicted octanol–water partition coefficient (Wildman–Crippen LogP) is 4.44. The van der Waals surface area contributed by atoms with E-state index in [0.717, 1.165) is 11.1 Å². The van der Waals surface area contributed by atoms with E-state index in [0.29, 0.717) is 31.6 Å². The molecule has 0 spiro atoms. The number of hydrogen-bond donors (Lipinski definition) is 0. The maximum Gasteiger partial charge on any atom is 0.273 e. The number of halogens is 2. The van der Waals surface area contributed by atoms with Gasteiger partial charge in [0, 0.05) is 6.07 Å². The summed E-state index contributed by atoms with van der Waals surface area (Å²) in [5, 5.41) is 13.1. The second kappa shape index (κ2) is 4.86. The first kappa shape index (κ1) is 14.1. The highest BCUT2D eigenvalue weighted by molar-refractivity contribution is 6.52. The number of hydrogen-bond acceptors (Lipinski definition) is 2. The second-order valence-corrected chi connectivity index (χ2v) is 5.87. The van der Waals surface area contributed by atoms with Crippen molar-refractivity contribution in [2.75, 3.05) is 0 Å². The minimum atomic E-state index is -0.290. The van der Waals surface area contributed by atoms with Crippen LogP contribution >= 0.6 is 23.2 Å². The lowest BCUT2D eigenvalue weighted by Crippen LogP contribution is -2.16. The SMILES string of the molecule is Cc1cc2c(cc1C)[N+]([O-])=C(c1ccc(Cl)c(Cl)c1)C2=O. The van der Waals surface area contributed by atoms with Crippen LogP contribution in [0.25, 0.3) is 0 Å². The molecule has 1 aliphatic heterocycles. The van der Waals surface area contributed by atoms with E-state index in [4.69, 9.17) is 23.2 Å². The van der Waals surface area contributed by atoms with Crippen LogP contribution in [-0.4, -0.2) is 16.2 Å². The number of nitrogens with zero attached hydrogens (tertiary/aromatic N) is 1. The molecule has 21 heavy (non-hydrogen) atoms. The van der Waals surface area contributed by atoms with Gasteiger partial charge in [-0.2, -0.15) is 4.74 Å². The van der Waals surface area contributed by atoms with Gasteiger partial charge in [-0.15, -0.1) is 0 Å². The molecule has 106 valence electrons. The third kappa shape index (κ3) is 2.13. The summed E-state index contributed by atoms with van der Waals surface area (Å²) in [5.41, 5.74) is 3.30. The number of benzene rings is 2. The number of aryl methyl sites for hydroxylation is 2. The van der Waals surface area contributed by atoms with E-state index in [2.05, 4.69) is 0 Å². The molecule has 3 nitrogen and oxygen atoms in total. The zero-order valence-corrected chi connectivity index (χ0v) is 12.9. The summed E-state index contributed by atoms with van der Waals surface area (Å²) < 4.78 is 0.670. The monoisotopic (exact) mass is 319 g/mol. The Morgan fingerprint density at radius 1 is 1.00 bits per heavy atom. The Morgan fingerprint density at radius 2 is 1.67 bits per heavy atom. The lowest BCUT2D eigenvalue weighted by atomic mass is 9.99. The van der Waals surface area contributed by atoms with Crippen LogP contribution in [0.3, 0.4) is 0 Å². The molecule has 1 aliphatic rings. The highest BCUT2D eigenvalue weighted by Crippen LogP contribution is 2.32. The van der Waals surface area contributed by atoms with Crippen molar-refractivity contribution in [1.82, 2.24) is 0 Å². The second-order valence-electron chi connectivity index (χ2n) is 5.05. The summed E-state index contributed by atoms with van der Waals surface area (Å²) in [6.07, 6.45) is 0. The van der Waals surface area contributed by atoms with Crippen LogP contribution in [0.1, 0.15) is 27.0 Å². The molecule has 0 fully saturated rings. The first-order valence-corrected chi connectivity index (χ1v) is 7.11. The van der Waals surface area contributed by atoms with Gasteiger partial charge in [0.25, 0.3) is 11.5 Å². The fraction of sp³-hybridized carbons (Fsp3) is 0.125. The van der Waals surface area contributed by atoms with E-state index < -0.39 is 0 Å². The van der Waals surface area contributed by atoms with Crippen molar-refractivity contribution < 1.29 is 9.53 Å². The number of carbonyl (C=O) groups is 1. The highest BCUT2D eigenvalue weighted by atomic mass is 35.5. The maximum absolute atomic E-state index is 12.5. The van der Waals surface area contributed by atoms with Gasteiger partial charge in [0.2, 0.25) is 5.69 Å². The van der Waals surface area contributed by atoms with Gasteiger partial charge in [-0.1, -0.05) is 23.2 Å². The van der Waals surface area contributed by atoms with E-state index in [-0.39, 0.29) is 11.5 Å². The topological polar surface area (TPSA) is 43.1 Å². The fourth-order valence-corrected chi connectivity index (χ4v) is 2.68. The number of ketones is 1. The first-order chi connectivity index (χ1) is 9.90.